The van der Waals surface area contributed by atoms with Gasteiger partial charge in [0.25, 0.3) is 5.91 Å². The van der Waals surface area contributed by atoms with Crippen molar-refractivity contribution in [1.82, 2.24) is 25.0 Å². The van der Waals surface area contributed by atoms with Gasteiger partial charge in [0.15, 0.2) is 5.82 Å². The molecule has 0 unspecified atom stereocenters. The van der Waals surface area contributed by atoms with E-state index < -0.39 is 0 Å². The quantitative estimate of drug-likeness (QED) is 0.730. The molecule has 3 heterocycles. The average Bonchev–Trinajstić information content (AvgIpc) is 3.18. The molecule has 1 N–H and O–H groups in total. The first-order valence-corrected chi connectivity index (χ1v) is 9.29. The van der Waals surface area contributed by atoms with Crippen LogP contribution in [-0.4, -0.2) is 38.0 Å². The number of fused-ring (bicyclic) bond motifs is 1. The maximum Gasteiger partial charge on any atom is 0.259 e. The van der Waals surface area contributed by atoms with Crippen LogP contribution in [0.4, 0.5) is 0 Å². The van der Waals surface area contributed by atoms with E-state index in [-0.39, 0.29) is 18.4 Å². The molecule has 1 aromatic carbocycles. The first-order valence-electron chi connectivity index (χ1n) is 9.29. The van der Waals surface area contributed by atoms with Crippen LogP contribution < -0.4 is 5.32 Å². The Kier molecular flexibility index (Phi) is 4.72. The highest BCUT2D eigenvalue weighted by molar-refractivity contribution is 6.10. The van der Waals surface area contributed by atoms with Gasteiger partial charge in [0.05, 0.1) is 5.69 Å². The third-order valence-electron chi connectivity index (χ3n) is 4.87. The number of rotatable bonds is 5. The van der Waals surface area contributed by atoms with Gasteiger partial charge in [-0.15, -0.1) is 0 Å². The molecule has 0 saturated carbocycles. The number of carbonyl (C=O) groups excluding carboxylic acids is 2. The van der Waals surface area contributed by atoms with Crippen LogP contribution in [0.5, 0.6) is 0 Å². The standard InChI is InChI=1S/C22H21N5O2/c1-14-10-15(2)27(25-14)20-9-8-17(11-23-20)12-24-21(28)13-26-16(3)18-6-4-5-7-19(18)22(26)29/h4-11H,3,12-13H2,1-2H3,(H,24,28). The summed E-state index contributed by atoms with van der Waals surface area (Å²) in [6, 6.07) is 13.0. The van der Waals surface area contributed by atoms with Crippen molar-refractivity contribution in [2.75, 3.05) is 6.54 Å². The van der Waals surface area contributed by atoms with Crippen molar-refractivity contribution in [1.29, 1.82) is 0 Å². The molecule has 0 bridgehead atoms. The number of hydrogen-bond donors (Lipinski definition) is 1. The first-order chi connectivity index (χ1) is 13.9. The number of aryl methyl sites for hydroxylation is 2. The summed E-state index contributed by atoms with van der Waals surface area (Å²) in [6.07, 6.45) is 1.71. The van der Waals surface area contributed by atoms with Gasteiger partial charge in [-0.3, -0.25) is 14.5 Å². The van der Waals surface area contributed by atoms with Gasteiger partial charge in [-0.1, -0.05) is 30.8 Å². The van der Waals surface area contributed by atoms with E-state index in [9.17, 15) is 9.59 Å². The van der Waals surface area contributed by atoms with Crippen molar-refractivity contribution in [2.45, 2.75) is 20.4 Å². The average molecular weight is 387 g/mol. The number of pyridine rings is 1. The molecule has 2 amide bonds. The van der Waals surface area contributed by atoms with Crippen LogP contribution >= 0.6 is 0 Å². The summed E-state index contributed by atoms with van der Waals surface area (Å²) in [6.45, 7) is 8.12. The number of nitrogens with one attached hydrogen (secondary N) is 1. The molecule has 1 aliphatic rings. The molecule has 4 rings (SSSR count). The fourth-order valence-electron chi connectivity index (χ4n) is 3.41. The number of amides is 2. The molecule has 0 radical (unpaired) electrons. The Morgan fingerprint density at radius 2 is 1.90 bits per heavy atom. The molecule has 0 atom stereocenters. The van der Waals surface area contributed by atoms with Gasteiger partial charge in [-0.25, -0.2) is 9.67 Å². The van der Waals surface area contributed by atoms with Crippen LogP contribution in [0.3, 0.4) is 0 Å². The van der Waals surface area contributed by atoms with E-state index in [2.05, 4.69) is 22.0 Å². The SMILES string of the molecule is C=C1c2ccccc2C(=O)N1CC(=O)NCc1ccc(-n2nc(C)cc2C)nc1. The van der Waals surface area contributed by atoms with Crippen molar-refractivity contribution in [3.63, 3.8) is 0 Å². The van der Waals surface area contributed by atoms with Gasteiger partial charge < -0.3 is 5.32 Å². The van der Waals surface area contributed by atoms with E-state index in [0.29, 0.717) is 17.8 Å². The number of carbonyl (C=O) groups is 2. The van der Waals surface area contributed by atoms with E-state index in [0.717, 1.165) is 28.3 Å². The minimum absolute atomic E-state index is 0.0659. The highest BCUT2D eigenvalue weighted by Crippen LogP contribution is 2.30. The molecule has 0 fully saturated rings. The molecule has 7 nitrogen and oxygen atoms in total. The Balaban J connectivity index is 1.36. The molecule has 7 heteroatoms. The largest absolute Gasteiger partial charge is 0.350 e. The summed E-state index contributed by atoms with van der Waals surface area (Å²) in [7, 11) is 0. The third kappa shape index (κ3) is 3.54. The van der Waals surface area contributed by atoms with Crippen LogP contribution in [-0.2, 0) is 11.3 Å². The molecule has 146 valence electrons. The maximum atomic E-state index is 12.5. The van der Waals surface area contributed by atoms with Crippen molar-refractivity contribution >= 4 is 17.5 Å². The van der Waals surface area contributed by atoms with Crippen LogP contribution in [0.25, 0.3) is 11.5 Å². The number of nitrogens with zero attached hydrogens (tertiary/aromatic N) is 4. The van der Waals surface area contributed by atoms with E-state index in [1.807, 2.05) is 44.2 Å². The molecular formula is C22H21N5O2. The fourth-order valence-corrected chi connectivity index (χ4v) is 3.41. The monoisotopic (exact) mass is 387 g/mol. The van der Waals surface area contributed by atoms with Crippen LogP contribution in [0, 0.1) is 13.8 Å². The first kappa shape index (κ1) is 18.6. The van der Waals surface area contributed by atoms with Gasteiger partial charge >= 0.3 is 0 Å². The van der Waals surface area contributed by atoms with Crippen molar-refractivity contribution < 1.29 is 9.59 Å². The van der Waals surface area contributed by atoms with Gasteiger partial charge in [0.2, 0.25) is 5.91 Å². The Labute approximate surface area is 168 Å². The van der Waals surface area contributed by atoms with Crippen molar-refractivity contribution in [2.24, 2.45) is 0 Å². The van der Waals surface area contributed by atoms with Crippen molar-refractivity contribution in [3.05, 3.63) is 83.3 Å². The lowest BCUT2D eigenvalue weighted by atomic mass is 10.1. The van der Waals surface area contributed by atoms with E-state index >= 15 is 0 Å². The summed E-state index contributed by atoms with van der Waals surface area (Å²) >= 11 is 0. The molecule has 3 aromatic rings. The second-order valence-corrected chi connectivity index (χ2v) is 7.02. The summed E-state index contributed by atoms with van der Waals surface area (Å²) in [4.78, 5) is 30.7. The smallest absolute Gasteiger partial charge is 0.259 e. The number of aromatic nitrogens is 3. The van der Waals surface area contributed by atoms with E-state index in [1.165, 1.54) is 4.90 Å². The molecule has 0 spiro atoms. The topological polar surface area (TPSA) is 80.1 Å². The maximum absolute atomic E-state index is 12.5. The molecule has 0 saturated heterocycles. The zero-order valence-electron chi connectivity index (χ0n) is 16.3. The highest BCUT2D eigenvalue weighted by atomic mass is 16.2. The fraction of sp³-hybridized carbons (Fsp3) is 0.182. The predicted molar refractivity (Wildman–Crippen MR) is 109 cm³/mol. The van der Waals surface area contributed by atoms with E-state index in [1.54, 1.807) is 23.0 Å². The van der Waals surface area contributed by atoms with Crippen LogP contribution in [0.15, 0.2) is 55.2 Å². The Hall–Kier alpha value is -3.74. The van der Waals surface area contributed by atoms with Gasteiger partial charge in [-0.2, -0.15) is 5.10 Å². The molecule has 1 aliphatic heterocycles. The lowest BCUT2D eigenvalue weighted by Gasteiger charge is -2.17. The van der Waals surface area contributed by atoms with E-state index in [4.69, 9.17) is 0 Å². The normalized spacial score (nSPS) is 13.0. The number of benzene rings is 1. The lowest BCUT2D eigenvalue weighted by Crippen LogP contribution is -2.36. The minimum Gasteiger partial charge on any atom is -0.350 e. The minimum atomic E-state index is -0.255. The highest BCUT2D eigenvalue weighted by Gasteiger charge is 2.31. The molecule has 2 aromatic heterocycles. The summed E-state index contributed by atoms with van der Waals surface area (Å²) in [5.74, 6) is 0.272. The summed E-state index contributed by atoms with van der Waals surface area (Å²) in [5, 5.41) is 7.24. The molecular weight excluding hydrogens is 366 g/mol. The zero-order valence-corrected chi connectivity index (χ0v) is 16.3. The van der Waals surface area contributed by atoms with Crippen LogP contribution in [0.2, 0.25) is 0 Å². The summed E-state index contributed by atoms with van der Waals surface area (Å²) < 4.78 is 1.78. The Bertz CT molecular complexity index is 1080. The third-order valence-corrected chi connectivity index (χ3v) is 4.87. The predicted octanol–water partition coefficient (Wildman–Crippen LogP) is 2.63. The van der Waals surface area contributed by atoms with Gasteiger partial charge in [-0.05, 0) is 37.6 Å². The Morgan fingerprint density at radius 1 is 1.14 bits per heavy atom. The second-order valence-electron chi connectivity index (χ2n) is 7.02. The summed E-state index contributed by atoms with van der Waals surface area (Å²) in [5.41, 5.74) is 4.70. The zero-order chi connectivity index (χ0) is 20.5. The molecule has 29 heavy (non-hydrogen) atoms. The van der Waals surface area contributed by atoms with Crippen molar-refractivity contribution in [3.8, 4) is 5.82 Å². The van der Waals surface area contributed by atoms with Crippen LogP contribution in [0.1, 0.15) is 32.9 Å². The number of hydrogen-bond acceptors (Lipinski definition) is 4. The second kappa shape index (κ2) is 7.35. The van der Waals surface area contributed by atoms with Gasteiger partial charge in [0.1, 0.15) is 6.54 Å². The van der Waals surface area contributed by atoms with Gasteiger partial charge in [0, 0.05) is 35.3 Å². The Morgan fingerprint density at radius 3 is 2.52 bits per heavy atom. The molecule has 0 aliphatic carbocycles. The lowest BCUT2D eigenvalue weighted by molar-refractivity contribution is -0.121.